The monoisotopic (exact) mass is 336 g/mol. The van der Waals surface area contributed by atoms with Crippen LogP contribution in [-0.4, -0.2) is 38.9 Å². The molecule has 4 nitrogen and oxygen atoms in total. The van der Waals surface area contributed by atoms with Gasteiger partial charge in [-0.15, -0.1) is 11.3 Å². The van der Waals surface area contributed by atoms with Crippen molar-refractivity contribution >= 4 is 33.0 Å². The number of thiophene rings is 1. The molecule has 0 saturated carbocycles. The van der Waals surface area contributed by atoms with E-state index < -0.39 is 10.0 Å². The lowest BCUT2D eigenvalue weighted by molar-refractivity contribution is 0.294. The third kappa shape index (κ3) is 3.54. The van der Waals surface area contributed by atoms with E-state index in [1.54, 1.807) is 10.4 Å². The summed E-state index contributed by atoms with van der Waals surface area (Å²) in [5, 5.41) is 3.30. The highest BCUT2D eigenvalue weighted by molar-refractivity contribution is 7.91. The molecule has 1 aliphatic heterocycles. The Balaban J connectivity index is 2.16. The van der Waals surface area contributed by atoms with Gasteiger partial charge in [-0.2, -0.15) is 4.31 Å². The summed E-state index contributed by atoms with van der Waals surface area (Å²) in [5.74, 6) is 0.447. The minimum absolute atomic E-state index is 0.357. The van der Waals surface area contributed by atoms with Crippen LogP contribution in [0.5, 0.6) is 0 Å². The van der Waals surface area contributed by atoms with Crippen LogP contribution in [0.15, 0.2) is 10.3 Å². The molecule has 1 aliphatic rings. The fraction of sp³-hybridized carbons (Fsp3) is 0.692. The van der Waals surface area contributed by atoms with Gasteiger partial charge in [-0.1, -0.05) is 18.5 Å². The van der Waals surface area contributed by atoms with Crippen molar-refractivity contribution in [3.63, 3.8) is 0 Å². The number of aryl methyl sites for hydroxylation is 1. The Kier molecular flexibility index (Phi) is 5.48. The predicted molar refractivity (Wildman–Crippen MR) is 84.1 cm³/mol. The second-order valence-electron chi connectivity index (χ2n) is 5.17. The second kappa shape index (κ2) is 6.75. The number of hydrogen-bond donors (Lipinski definition) is 1. The number of piperidine rings is 1. The lowest BCUT2D eigenvalue weighted by atomic mass is 9.98. The van der Waals surface area contributed by atoms with Crippen molar-refractivity contribution < 1.29 is 8.42 Å². The van der Waals surface area contributed by atoms with E-state index in [0.29, 0.717) is 27.6 Å². The topological polar surface area (TPSA) is 49.4 Å². The third-order valence-corrected chi connectivity index (χ3v) is 7.65. The van der Waals surface area contributed by atoms with E-state index in [1.807, 2.05) is 13.8 Å². The molecular weight excluding hydrogens is 316 g/mol. The minimum Gasteiger partial charge on any atom is -0.317 e. The van der Waals surface area contributed by atoms with Crippen molar-refractivity contribution in [2.45, 2.75) is 30.9 Å². The molecule has 1 aromatic heterocycles. The average Bonchev–Trinajstić information content (AvgIpc) is 2.78. The van der Waals surface area contributed by atoms with Gasteiger partial charge in [0.1, 0.15) is 4.21 Å². The molecule has 0 radical (unpaired) electrons. The van der Waals surface area contributed by atoms with Crippen LogP contribution in [0, 0.1) is 12.8 Å². The lowest BCUT2D eigenvalue weighted by Crippen LogP contribution is -2.39. The van der Waals surface area contributed by atoms with E-state index >= 15 is 0 Å². The number of nitrogens with one attached hydrogen (secondary N) is 1. The van der Waals surface area contributed by atoms with Crippen molar-refractivity contribution in [3.8, 4) is 0 Å². The molecule has 20 heavy (non-hydrogen) atoms. The largest absolute Gasteiger partial charge is 0.317 e. The summed E-state index contributed by atoms with van der Waals surface area (Å²) in [5.41, 5.74) is 0.827. The normalized spacial score (nSPS) is 17.8. The highest BCUT2D eigenvalue weighted by Crippen LogP contribution is 2.32. The molecular formula is C13H21ClN2O2S2. The van der Waals surface area contributed by atoms with E-state index in [1.165, 1.54) is 0 Å². The van der Waals surface area contributed by atoms with Crippen LogP contribution in [0.3, 0.4) is 0 Å². The van der Waals surface area contributed by atoms with Gasteiger partial charge in [0.25, 0.3) is 10.0 Å². The summed E-state index contributed by atoms with van der Waals surface area (Å²) in [6.07, 6.45) is 2.08. The average molecular weight is 337 g/mol. The number of rotatable bonds is 5. The van der Waals surface area contributed by atoms with Crippen molar-refractivity contribution in [1.29, 1.82) is 0 Å². The van der Waals surface area contributed by atoms with Gasteiger partial charge >= 0.3 is 0 Å². The van der Waals surface area contributed by atoms with Gasteiger partial charge in [-0.05, 0) is 50.4 Å². The fourth-order valence-electron chi connectivity index (χ4n) is 2.44. The van der Waals surface area contributed by atoms with Crippen molar-refractivity contribution in [2.75, 3.05) is 26.2 Å². The molecule has 2 heterocycles. The summed E-state index contributed by atoms with van der Waals surface area (Å²) in [4.78, 5) is 0. The van der Waals surface area contributed by atoms with E-state index in [2.05, 4.69) is 5.32 Å². The quantitative estimate of drug-likeness (QED) is 0.899. The molecule has 0 unspecified atom stereocenters. The Hall–Kier alpha value is -0.140. The van der Waals surface area contributed by atoms with Gasteiger partial charge in [-0.3, -0.25) is 0 Å². The molecule has 0 aliphatic carbocycles. The van der Waals surface area contributed by atoms with Crippen LogP contribution < -0.4 is 5.32 Å². The molecule has 114 valence electrons. The number of sulfonamides is 1. The van der Waals surface area contributed by atoms with Crippen molar-refractivity contribution in [3.05, 3.63) is 16.0 Å². The standard InChI is InChI=1S/C13H21ClN2O2S2/c1-3-16(9-11-4-6-15-7-5-11)20(17,18)12-8-10(2)13(14)19-12/h8,11,15H,3-7,9H2,1-2H3. The Morgan fingerprint density at radius 1 is 1.45 bits per heavy atom. The molecule has 0 aromatic carbocycles. The first-order chi connectivity index (χ1) is 9.45. The van der Waals surface area contributed by atoms with E-state index in [4.69, 9.17) is 11.6 Å². The summed E-state index contributed by atoms with van der Waals surface area (Å²) < 4.78 is 27.8. The van der Waals surface area contributed by atoms with Gasteiger partial charge in [0.2, 0.25) is 0 Å². The van der Waals surface area contributed by atoms with Gasteiger partial charge in [0, 0.05) is 13.1 Å². The van der Waals surface area contributed by atoms with Crippen LogP contribution in [0.4, 0.5) is 0 Å². The molecule has 1 aromatic rings. The first-order valence-electron chi connectivity index (χ1n) is 6.92. The van der Waals surface area contributed by atoms with E-state index in [0.717, 1.165) is 42.8 Å². The maximum Gasteiger partial charge on any atom is 0.252 e. The summed E-state index contributed by atoms with van der Waals surface area (Å²) >= 11 is 7.15. The van der Waals surface area contributed by atoms with E-state index in [-0.39, 0.29) is 0 Å². The Bertz CT molecular complexity index is 531. The summed E-state index contributed by atoms with van der Waals surface area (Å²) in [6, 6.07) is 1.67. The van der Waals surface area contributed by atoms with Gasteiger partial charge in [0.15, 0.2) is 0 Å². The van der Waals surface area contributed by atoms with Gasteiger partial charge in [0.05, 0.1) is 4.34 Å². The Morgan fingerprint density at radius 3 is 2.60 bits per heavy atom. The smallest absolute Gasteiger partial charge is 0.252 e. The molecule has 1 fully saturated rings. The van der Waals surface area contributed by atoms with Crippen LogP contribution in [0.1, 0.15) is 25.3 Å². The lowest BCUT2D eigenvalue weighted by Gasteiger charge is -2.28. The minimum atomic E-state index is -3.41. The zero-order chi connectivity index (χ0) is 14.8. The van der Waals surface area contributed by atoms with E-state index in [9.17, 15) is 8.42 Å². The maximum absolute atomic E-state index is 12.7. The van der Waals surface area contributed by atoms with Crippen LogP contribution in [0.25, 0.3) is 0 Å². The third-order valence-electron chi connectivity index (χ3n) is 3.70. The fourth-order valence-corrected chi connectivity index (χ4v) is 5.82. The number of hydrogen-bond acceptors (Lipinski definition) is 4. The summed E-state index contributed by atoms with van der Waals surface area (Å²) in [6.45, 7) is 6.79. The zero-order valence-corrected chi connectivity index (χ0v) is 14.2. The highest BCUT2D eigenvalue weighted by Gasteiger charge is 2.28. The second-order valence-corrected chi connectivity index (χ2v) is 8.99. The summed E-state index contributed by atoms with van der Waals surface area (Å²) in [7, 11) is -3.41. The Morgan fingerprint density at radius 2 is 2.10 bits per heavy atom. The molecule has 7 heteroatoms. The predicted octanol–water partition coefficient (Wildman–Crippen LogP) is 2.72. The molecule has 2 rings (SSSR count). The van der Waals surface area contributed by atoms with Crippen LogP contribution in [0.2, 0.25) is 4.34 Å². The SMILES string of the molecule is CCN(CC1CCNCC1)S(=O)(=O)c1cc(C)c(Cl)s1. The molecule has 0 bridgehead atoms. The Labute approximate surface area is 130 Å². The maximum atomic E-state index is 12.7. The first kappa shape index (κ1) is 16.2. The molecule has 1 saturated heterocycles. The number of nitrogens with zero attached hydrogens (tertiary/aromatic N) is 1. The van der Waals surface area contributed by atoms with Crippen LogP contribution >= 0.6 is 22.9 Å². The molecule has 0 atom stereocenters. The van der Waals surface area contributed by atoms with Crippen molar-refractivity contribution in [1.82, 2.24) is 9.62 Å². The highest BCUT2D eigenvalue weighted by atomic mass is 35.5. The molecule has 0 spiro atoms. The molecule has 0 amide bonds. The van der Waals surface area contributed by atoms with Crippen LogP contribution in [-0.2, 0) is 10.0 Å². The van der Waals surface area contributed by atoms with Crippen molar-refractivity contribution in [2.24, 2.45) is 5.92 Å². The van der Waals surface area contributed by atoms with Gasteiger partial charge < -0.3 is 5.32 Å². The molecule has 1 N–H and O–H groups in total. The number of halogens is 1. The first-order valence-corrected chi connectivity index (χ1v) is 9.55. The van der Waals surface area contributed by atoms with Gasteiger partial charge in [-0.25, -0.2) is 8.42 Å². The zero-order valence-electron chi connectivity index (χ0n) is 11.9.